The number of aromatic amines is 1. The number of halogens is 1. The van der Waals surface area contributed by atoms with E-state index in [1.54, 1.807) is 4.90 Å². The maximum Gasteiger partial charge on any atom is 0.209 e. The molecule has 122 valence electrons. The fourth-order valence-corrected chi connectivity index (χ4v) is 4.05. The number of H-pyrrole nitrogens is 1. The first kappa shape index (κ1) is 14.6. The zero-order valence-electron chi connectivity index (χ0n) is 12.9. The highest BCUT2D eigenvalue weighted by Crippen LogP contribution is 2.38. The van der Waals surface area contributed by atoms with E-state index in [0.29, 0.717) is 25.1 Å². The molecular formula is C17H20FN3O2. The second-order valence-corrected chi connectivity index (χ2v) is 6.64. The number of fused-ring (bicyclic) bond motifs is 3. The summed E-state index contributed by atoms with van der Waals surface area (Å²) < 4.78 is 14.6. The van der Waals surface area contributed by atoms with E-state index in [-0.39, 0.29) is 17.8 Å². The minimum atomic E-state index is -0.366. The molecule has 0 bridgehead atoms. The van der Waals surface area contributed by atoms with Gasteiger partial charge in [0.2, 0.25) is 6.41 Å². The summed E-state index contributed by atoms with van der Waals surface area (Å²) in [4.78, 5) is 20.1. The largest absolute Gasteiger partial charge is 0.393 e. The molecule has 5 nitrogen and oxygen atoms in total. The van der Waals surface area contributed by atoms with Crippen molar-refractivity contribution in [2.75, 3.05) is 13.1 Å². The summed E-state index contributed by atoms with van der Waals surface area (Å²) in [6.07, 6.45) is 5.38. The smallest absolute Gasteiger partial charge is 0.209 e. The predicted octanol–water partition coefficient (Wildman–Crippen LogP) is 1.89. The van der Waals surface area contributed by atoms with Gasteiger partial charge in [-0.25, -0.2) is 9.37 Å². The van der Waals surface area contributed by atoms with Crippen LogP contribution in [0.3, 0.4) is 0 Å². The average molecular weight is 317 g/mol. The van der Waals surface area contributed by atoms with Crippen LogP contribution in [0.4, 0.5) is 4.39 Å². The van der Waals surface area contributed by atoms with Crippen LogP contribution < -0.4 is 0 Å². The number of nitrogens with one attached hydrogen (secondary N) is 1. The van der Waals surface area contributed by atoms with Gasteiger partial charge in [0, 0.05) is 36.2 Å². The molecule has 0 spiro atoms. The van der Waals surface area contributed by atoms with Crippen molar-refractivity contribution < 1.29 is 14.3 Å². The third-order valence-electron chi connectivity index (χ3n) is 5.26. The molecule has 2 aromatic rings. The van der Waals surface area contributed by atoms with Crippen molar-refractivity contribution in [3.8, 4) is 0 Å². The Labute approximate surface area is 133 Å². The van der Waals surface area contributed by atoms with Crippen molar-refractivity contribution in [2.24, 2.45) is 0 Å². The minimum absolute atomic E-state index is 0.0932. The van der Waals surface area contributed by atoms with Crippen LogP contribution >= 0.6 is 0 Å². The summed E-state index contributed by atoms with van der Waals surface area (Å²) in [7, 11) is 0. The molecule has 1 amide bonds. The Morgan fingerprint density at radius 2 is 2.13 bits per heavy atom. The first-order valence-electron chi connectivity index (χ1n) is 8.22. The highest BCUT2D eigenvalue weighted by Gasteiger charge is 2.29. The molecule has 1 atom stereocenters. The van der Waals surface area contributed by atoms with Gasteiger partial charge in [-0.15, -0.1) is 0 Å². The summed E-state index contributed by atoms with van der Waals surface area (Å²) in [6, 6.07) is 0. The number of rotatable bonds is 2. The van der Waals surface area contributed by atoms with E-state index in [2.05, 4.69) is 9.97 Å². The number of amides is 1. The number of aryl methyl sites for hydroxylation is 1. The van der Waals surface area contributed by atoms with Gasteiger partial charge in [0.25, 0.3) is 0 Å². The molecule has 3 heterocycles. The minimum Gasteiger partial charge on any atom is -0.393 e. The zero-order valence-corrected chi connectivity index (χ0v) is 12.9. The molecular weight excluding hydrogens is 297 g/mol. The summed E-state index contributed by atoms with van der Waals surface area (Å²) in [5, 5.41) is 10.9. The van der Waals surface area contributed by atoms with E-state index in [0.717, 1.165) is 54.4 Å². The predicted molar refractivity (Wildman–Crippen MR) is 83.7 cm³/mol. The van der Waals surface area contributed by atoms with Gasteiger partial charge in [-0.3, -0.25) is 4.79 Å². The van der Waals surface area contributed by atoms with Gasteiger partial charge in [-0.2, -0.15) is 0 Å². The lowest BCUT2D eigenvalue weighted by Gasteiger charge is -2.30. The summed E-state index contributed by atoms with van der Waals surface area (Å²) >= 11 is 0. The molecule has 23 heavy (non-hydrogen) atoms. The number of piperidine rings is 1. The lowest BCUT2D eigenvalue weighted by molar-refractivity contribution is -0.119. The Morgan fingerprint density at radius 3 is 2.87 bits per heavy atom. The van der Waals surface area contributed by atoms with Gasteiger partial charge in [0.05, 0.1) is 12.3 Å². The molecule has 0 saturated carbocycles. The summed E-state index contributed by atoms with van der Waals surface area (Å²) in [5.41, 5.74) is 3.54. The second-order valence-electron chi connectivity index (χ2n) is 6.64. The van der Waals surface area contributed by atoms with Gasteiger partial charge >= 0.3 is 0 Å². The van der Waals surface area contributed by atoms with E-state index in [4.69, 9.17) is 0 Å². The molecule has 1 unspecified atom stereocenters. The van der Waals surface area contributed by atoms with Crippen LogP contribution in [0.2, 0.25) is 0 Å². The third kappa shape index (κ3) is 2.41. The Balaban J connectivity index is 1.81. The van der Waals surface area contributed by atoms with Gasteiger partial charge in [-0.05, 0) is 37.2 Å². The molecule has 2 N–H and O–H groups in total. The first-order valence-corrected chi connectivity index (χ1v) is 8.22. The second kappa shape index (κ2) is 5.60. The quantitative estimate of drug-likeness (QED) is 0.831. The van der Waals surface area contributed by atoms with Gasteiger partial charge in [0.15, 0.2) is 0 Å². The van der Waals surface area contributed by atoms with Crippen LogP contribution in [0.5, 0.6) is 0 Å². The number of likely N-dealkylation sites (tertiary alicyclic amines) is 1. The fourth-order valence-electron chi connectivity index (χ4n) is 4.05. The van der Waals surface area contributed by atoms with Crippen LogP contribution in [0, 0.1) is 5.82 Å². The number of hydrogen-bond donors (Lipinski definition) is 2. The van der Waals surface area contributed by atoms with E-state index in [1.807, 2.05) is 0 Å². The SMILES string of the molecule is O=CN1CCC(c2c(F)cnc3[nH]c4c(c23)CC(O)CC4)CC1. The summed E-state index contributed by atoms with van der Waals surface area (Å²) in [5.74, 6) is -0.181. The van der Waals surface area contributed by atoms with Crippen molar-refractivity contribution in [1.29, 1.82) is 0 Å². The topological polar surface area (TPSA) is 69.2 Å². The van der Waals surface area contributed by atoms with Crippen LogP contribution in [-0.4, -0.2) is 45.6 Å². The van der Waals surface area contributed by atoms with Crippen LogP contribution in [-0.2, 0) is 17.6 Å². The molecule has 1 fully saturated rings. The van der Waals surface area contributed by atoms with E-state index in [9.17, 15) is 14.3 Å². The third-order valence-corrected chi connectivity index (χ3v) is 5.26. The summed E-state index contributed by atoms with van der Waals surface area (Å²) in [6.45, 7) is 1.32. The number of aliphatic hydroxyl groups is 1. The number of aromatic nitrogens is 2. The highest BCUT2D eigenvalue weighted by molar-refractivity contribution is 5.86. The van der Waals surface area contributed by atoms with Crippen molar-refractivity contribution >= 4 is 17.4 Å². The van der Waals surface area contributed by atoms with E-state index < -0.39 is 0 Å². The monoisotopic (exact) mass is 317 g/mol. The number of aliphatic hydroxyl groups excluding tert-OH is 1. The van der Waals surface area contributed by atoms with Crippen LogP contribution in [0.15, 0.2) is 6.20 Å². The molecule has 4 rings (SSSR count). The van der Waals surface area contributed by atoms with Crippen molar-refractivity contribution in [3.05, 3.63) is 28.8 Å². The molecule has 1 aliphatic heterocycles. The standard InChI is InChI=1S/C17H20FN3O2/c18-13-8-19-17-16(12-7-11(23)1-2-14(12)20-17)15(13)10-3-5-21(9-22)6-4-10/h8-11,23H,1-7H2,(H,19,20). The molecule has 1 saturated heterocycles. The molecule has 1 aliphatic carbocycles. The molecule has 0 radical (unpaired) electrons. The lowest BCUT2D eigenvalue weighted by Crippen LogP contribution is -2.32. The molecule has 2 aliphatic rings. The Morgan fingerprint density at radius 1 is 1.35 bits per heavy atom. The number of hydrogen-bond acceptors (Lipinski definition) is 3. The Kier molecular flexibility index (Phi) is 3.56. The van der Waals surface area contributed by atoms with Crippen molar-refractivity contribution in [3.63, 3.8) is 0 Å². The number of carbonyl (C=O) groups is 1. The number of nitrogens with zero attached hydrogens (tertiary/aromatic N) is 2. The molecule has 0 aromatic carbocycles. The number of pyridine rings is 1. The van der Waals surface area contributed by atoms with Gasteiger partial charge in [0.1, 0.15) is 11.5 Å². The lowest BCUT2D eigenvalue weighted by atomic mass is 9.85. The van der Waals surface area contributed by atoms with Crippen molar-refractivity contribution in [1.82, 2.24) is 14.9 Å². The van der Waals surface area contributed by atoms with E-state index in [1.165, 1.54) is 6.20 Å². The van der Waals surface area contributed by atoms with E-state index >= 15 is 0 Å². The van der Waals surface area contributed by atoms with Gasteiger partial charge < -0.3 is 15.0 Å². The van der Waals surface area contributed by atoms with Gasteiger partial charge in [-0.1, -0.05) is 0 Å². The molecule has 2 aromatic heterocycles. The van der Waals surface area contributed by atoms with Crippen LogP contribution in [0.1, 0.15) is 42.0 Å². The number of carbonyl (C=O) groups excluding carboxylic acids is 1. The highest BCUT2D eigenvalue weighted by atomic mass is 19.1. The maximum absolute atomic E-state index is 14.6. The average Bonchev–Trinajstić information content (AvgIpc) is 2.93. The Hall–Kier alpha value is -1.95. The Bertz CT molecular complexity index is 750. The van der Waals surface area contributed by atoms with Crippen LogP contribution in [0.25, 0.3) is 11.0 Å². The fraction of sp³-hybridized carbons (Fsp3) is 0.529. The zero-order chi connectivity index (χ0) is 16.0. The van der Waals surface area contributed by atoms with Crippen molar-refractivity contribution in [2.45, 2.75) is 44.1 Å². The molecule has 6 heteroatoms. The maximum atomic E-state index is 14.6. The first-order chi connectivity index (χ1) is 11.2. The normalized spacial score (nSPS) is 22.3.